The molecule has 0 heterocycles. The van der Waals surface area contributed by atoms with Crippen LogP contribution in [0, 0.1) is 26.2 Å². The average molecular weight is 275 g/mol. The monoisotopic (exact) mass is 275 g/mol. The Hall–Kier alpha value is -0.820. The van der Waals surface area contributed by atoms with Crippen molar-refractivity contribution < 1.29 is 0 Å². The Morgan fingerprint density at radius 2 is 1.45 bits per heavy atom. The topological polar surface area (TPSA) is 12.0 Å². The van der Waals surface area contributed by atoms with E-state index in [1.807, 2.05) is 0 Å². The zero-order valence-corrected chi connectivity index (χ0v) is 14.8. The summed E-state index contributed by atoms with van der Waals surface area (Å²) in [7, 11) is 0. The van der Waals surface area contributed by atoms with Crippen molar-refractivity contribution in [3.05, 3.63) is 34.4 Å². The van der Waals surface area contributed by atoms with Gasteiger partial charge < -0.3 is 5.32 Å². The van der Waals surface area contributed by atoms with Crippen molar-refractivity contribution in [1.29, 1.82) is 0 Å². The van der Waals surface area contributed by atoms with Crippen LogP contribution in [0.5, 0.6) is 0 Å². The SMILES string of the molecule is CCC(C)(CNC(C)(C)C)Cc1c(C)cc(C)cc1C. The third kappa shape index (κ3) is 4.94. The summed E-state index contributed by atoms with van der Waals surface area (Å²) in [5.74, 6) is 0. The lowest BCUT2D eigenvalue weighted by atomic mass is 9.78. The Morgan fingerprint density at radius 1 is 0.950 bits per heavy atom. The Bertz CT molecular complexity index is 430. The molecule has 1 atom stereocenters. The van der Waals surface area contributed by atoms with Crippen LogP contribution in [0.4, 0.5) is 0 Å². The van der Waals surface area contributed by atoms with Crippen LogP contribution in [0.3, 0.4) is 0 Å². The molecule has 0 bridgehead atoms. The molecule has 0 saturated carbocycles. The highest BCUT2D eigenvalue weighted by Gasteiger charge is 2.26. The zero-order chi connectivity index (χ0) is 15.6. The Balaban J connectivity index is 2.93. The summed E-state index contributed by atoms with van der Waals surface area (Å²) >= 11 is 0. The first kappa shape index (κ1) is 17.2. The van der Waals surface area contributed by atoms with E-state index in [1.54, 1.807) is 0 Å². The van der Waals surface area contributed by atoms with Gasteiger partial charge in [0, 0.05) is 12.1 Å². The minimum Gasteiger partial charge on any atom is -0.312 e. The van der Waals surface area contributed by atoms with E-state index in [2.05, 4.69) is 72.8 Å². The molecule has 1 aromatic rings. The number of benzene rings is 1. The van der Waals surface area contributed by atoms with Crippen LogP contribution in [-0.2, 0) is 6.42 Å². The van der Waals surface area contributed by atoms with E-state index in [0.717, 1.165) is 13.0 Å². The normalized spacial score (nSPS) is 15.2. The highest BCUT2D eigenvalue weighted by molar-refractivity contribution is 5.38. The van der Waals surface area contributed by atoms with Gasteiger partial charge in [0.1, 0.15) is 0 Å². The summed E-state index contributed by atoms with van der Waals surface area (Å²) < 4.78 is 0. The summed E-state index contributed by atoms with van der Waals surface area (Å²) in [6, 6.07) is 4.63. The second-order valence-electron chi connectivity index (χ2n) is 7.82. The molecule has 1 rings (SSSR count). The smallest absolute Gasteiger partial charge is 0.00967 e. The minimum absolute atomic E-state index is 0.188. The number of hydrogen-bond donors (Lipinski definition) is 1. The van der Waals surface area contributed by atoms with Gasteiger partial charge in [0.15, 0.2) is 0 Å². The van der Waals surface area contributed by atoms with Crippen LogP contribution < -0.4 is 5.32 Å². The molecule has 1 N–H and O–H groups in total. The fourth-order valence-electron chi connectivity index (χ4n) is 2.71. The van der Waals surface area contributed by atoms with E-state index < -0.39 is 0 Å². The summed E-state index contributed by atoms with van der Waals surface area (Å²) in [6.45, 7) is 19.2. The van der Waals surface area contributed by atoms with Crippen molar-refractivity contribution in [3.63, 3.8) is 0 Å². The summed E-state index contributed by atoms with van der Waals surface area (Å²) in [4.78, 5) is 0. The van der Waals surface area contributed by atoms with Crippen molar-refractivity contribution >= 4 is 0 Å². The molecule has 0 aliphatic carbocycles. The minimum atomic E-state index is 0.188. The molecule has 114 valence electrons. The van der Waals surface area contributed by atoms with Gasteiger partial charge in [0.05, 0.1) is 0 Å². The maximum absolute atomic E-state index is 3.68. The van der Waals surface area contributed by atoms with E-state index >= 15 is 0 Å². The standard InChI is InChI=1S/C19H33N/c1-9-19(8,13-20-18(5,6)7)12-17-15(3)10-14(2)11-16(17)4/h10-11,20H,9,12-13H2,1-8H3. The first-order chi connectivity index (χ1) is 9.06. The first-order valence-electron chi connectivity index (χ1n) is 7.88. The third-order valence-electron chi connectivity index (χ3n) is 4.34. The molecule has 0 fully saturated rings. The van der Waals surface area contributed by atoms with Crippen LogP contribution in [0.25, 0.3) is 0 Å². The van der Waals surface area contributed by atoms with Gasteiger partial charge >= 0.3 is 0 Å². The third-order valence-corrected chi connectivity index (χ3v) is 4.34. The quantitative estimate of drug-likeness (QED) is 0.801. The van der Waals surface area contributed by atoms with Gasteiger partial charge in [-0.1, -0.05) is 31.5 Å². The second-order valence-corrected chi connectivity index (χ2v) is 7.82. The Labute approximate surface area is 126 Å². The molecule has 0 spiro atoms. The van der Waals surface area contributed by atoms with E-state index in [1.165, 1.54) is 28.7 Å². The zero-order valence-electron chi connectivity index (χ0n) is 14.8. The Morgan fingerprint density at radius 3 is 1.85 bits per heavy atom. The van der Waals surface area contributed by atoms with Crippen molar-refractivity contribution in [3.8, 4) is 0 Å². The largest absolute Gasteiger partial charge is 0.312 e. The fourth-order valence-corrected chi connectivity index (χ4v) is 2.71. The molecular formula is C19H33N. The molecule has 20 heavy (non-hydrogen) atoms. The van der Waals surface area contributed by atoms with Gasteiger partial charge in [-0.2, -0.15) is 0 Å². The molecule has 0 saturated heterocycles. The summed E-state index contributed by atoms with van der Waals surface area (Å²) in [6.07, 6.45) is 2.35. The van der Waals surface area contributed by atoms with Crippen molar-refractivity contribution in [2.75, 3.05) is 6.54 Å². The molecule has 0 radical (unpaired) electrons. The maximum atomic E-state index is 3.68. The molecule has 0 aromatic heterocycles. The van der Waals surface area contributed by atoms with Crippen LogP contribution in [0.1, 0.15) is 63.3 Å². The van der Waals surface area contributed by atoms with Crippen LogP contribution >= 0.6 is 0 Å². The predicted octanol–water partition coefficient (Wildman–Crippen LogP) is 4.96. The fraction of sp³-hybridized carbons (Fsp3) is 0.684. The highest BCUT2D eigenvalue weighted by atomic mass is 15.0. The Kier molecular flexibility index (Phi) is 5.43. The van der Waals surface area contributed by atoms with Crippen LogP contribution in [0.2, 0.25) is 0 Å². The van der Waals surface area contributed by atoms with Gasteiger partial charge in [0.2, 0.25) is 0 Å². The van der Waals surface area contributed by atoms with Gasteiger partial charge in [-0.25, -0.2) is 0 Å². The van der Waals surface area contributed by atoms with E-state index in [-0.39, 0.29) is 5.54 Å². The lowest BCUT2D eigenvalue weighted by molar-refractivity contribution is 0.254. The molecule has 1 aromatic carbocycles. The van der Waals surface area contributed by atoms with Gasteiger partial charge in [-0.05, 0) is 76.5 Å². The van der Waals surface area contributed by atoms with E-state index in [9.17, 15) is 0 Å². The van der Waals surface area contributed by atoms with Crippen molar-refractivity contribution in [2.45, 2.75) is 73.8 Å². The molecular weight excluding hydrogens is 242 g/mol. The number of rotatable bonds is 5. The van der Waals surface area contributed by atoms with Gasteiger partial charge in [-0.3, -0.25) is 0 Å². The van der Waals surface area contributed by atoms with Crippen LogP contribution in [-0.4, -0.2) is 12.1 Å². The lowest BCUT2D eigenvalue weighted by Crippen LogP contribution is -2.43. The number of aryl methyl sites for hydroxylation is 3. The predicted molar refractivity (Wildman–Crippen MR) is 90.5 cm³/mol. The van der Waals surface area contributed by atoms with Crippen LogP contribution in [0.15, 0.2) is 12.1 Å². The summed E-state index contributed by atoms with van der Waals surface area (Å²) in [5, 5.41) is 3.68. The lowest BCUT2D eigenvalue weighted by Gasteiger charge is -2.34. The maximum Gasteiger partial charge on any atom is 0.00967 e. The molecule has 0 amide bonds. The van der Waals surface area contributed by atoms with Crippen molar-refractivity contribution in [1.82, 2.24) is 5.32 Å². The second kappa shape index (κ2) is 6.30. The molecule has 1 unspecified atom stereocenters. The molecule has 1 heteroatoms. The molecule has 0 aliphatic rings. The van der Waals surface area contributed by atoms with Gasteiger partial charge in [0.25, 0.3) is 0 Å². The average Bonchev–Trinajstić information content (AvgIpc) is 2.30. The van der Waals surface area contributed by atoms with E-state index in [0.29, 0.717) is 5.41 Å². The summed E-state index contributed by atoms with van der Waals surface area (Å²) in [5.41, 5.74) is 6.30. The van der Waals surface area contributed by atoms with Crippen molar-refractivity contribution in [2.24, 2.45) is 5.41 Å². The number of hydrogen-bond acceptors (Lipinski definition) is 1. The number of nitrogens with one attached hydrogen (secondary N) is 1. The first-order valence-corrected chi connectivity index (χ1v) is 7.88. The molecule has 1 nitrogen and oxygen atoms in total. The highest BCUT2D eigenvalue weighted by Crippen LogP contribution is 2.30. The molecule has 0 aliphatic heterocycles. The van der Waals surface area contributed by atoms with Gasteiger partial charge in [-0.15, -0.1) is 0 Å². The van der Waals surface area contributed by atoms with E-state index in [4.69, 9.17) is 0 Å².